The highest BCUT2D eigenvalue weighted by atomic mass is 16.5. The van der Waals surface area contributed by atoms with Gasteiger partial charge in [-0.05, 0) is 31.2 Å². The predicted octanol–water partition coefficient (Wildman–Crippen LogP) is 2.62. The fourth-order valence-corrected chi connectivity index (χ4v) is 4.16. The van der Waals surface area contributed by atoms with Gasteiger partial charge in [-0.2, -0.15) is 0 Å². The van der Waals surface area contributed by atoms with Gasteiger partial charge in [-0.25, -0.2) is 0 Å². The van der Waals surface area contributed by atoms with Crippen LogP contribution >= 0.6 is 0 Å². The van der Waals surface area contributed by atoms with Crippen molar-refractivity contribution in [2.45, 2.75) is 39.3 Å². The maximum atomic E-state index is 13.4. The van der Waals surface area contributed by atoms with Crippen LogP contribution in [0.3, 0.4) is 0 Å². The SMILES string of the molecule is CO[C@@H]1CN(C)C(=O)c2ccc(NC(C)=O)cc2OC[C@H](C)N(C(=O)Cc2ccccn2)C[C@@H]1C. The Morgan fingerprint density at radius 1 is 1.20 bits per heavy atom. The van der Waals surface area contributed by atoms with Gasteiger partial charge in [-0.15, -0.1) is 0 Å². The van der Waals surface area contributed by atoms with E-state index in [1.165, 1.54) is 6.92 Å². The number of pyridine rings is 1. The van der Waals surface area contributed by atoms with Crippen LogP contribution in [0.25, 0.3) is 0 Å². The van der Waals surface area contributed by atoms with Crippen LogP contribution in [0.5, 0.6) is 5.75 Å². The molecule has 0 fully saturated rings. The lowest BCUT2D eigenvalue weighted by atomic mass is 10.0. The highest BCUT2D eigenvalue weighted by Crippen LogP contribution is 2.27. The number of aromatic nitrogens is 1. The van der Waals surface area contributed by atoms with Gasteiger partial charge in [0.2, 0.25) is 11.8 Å². The zero-order chi connectivity index (χ0) is 25.5. The van der Waals surface area contributed by atoms with Crippen molar-refractivity contribution in [3.63, 3.8) is 0 Å². The Hall–Kier alpha value is -3.46. The number of nitrogens with one attached hydrogen (secondary N) is 1. The average Bonchev–Trinajstić information content (AvgIpc) is 2.83. The number of anilines is 1. The van der Waals surface area contributed by atoms with Gasteiger partial charge in [-0.1, -0.05) is 13.0 Å². The van der Waals surface area contributed by atoms with Crippen LogP contribution in [-0.2, 0) is 20.7 Å². The van der Waals surface area contributed by atoms with Crippen molar-refractivity contribution in [1.82, 2.24) is 14.8 Å². The molecule has 2 heterocycles. The van der Waals surface area contributed by atoms with Crippen molar-refractivity contribution >= 4 is 23.4 Å². The van der Waals surface area contributed by atoms with Crippen molar-refractivity contribution in [3.05, 3.63) is 53.9 Å². The Kier molecular flexibility index (Phi) is 8.81. The molecule has 9 heteroatoms. The molecule has 0 saturated heterocycles. The number of fused-ring (bicyclic) bond motifs is 1. The lowest BCUT2D eigenvalue weighted by molar-refractivity contribution is -0.134. The summed E-state index contributed by atoms with van der Waals surface area (Å²) in [5.41, 5.74) is 1.60. The van der Waals surface area contributed by atoms with E-state index >= 15 is 0 Å². The van der Waals surface area contributed by atoms with Crippen molar-refractivity contribution in [3.8, 4) is 5.75 Å². The van der Waals surface area contributed by atoms with E-state index in [0.717, 1.165) is 0 Å². The van der Waals surface area contributed by atoms with Crippen molar-refractivity contribution in [2.75, 3.05) is 39.2 Å². The minimum Gasteiger partial charge on any atom is -0.491 e. The number of methoxy groups -OCH3 is 1. The van der Waals surface area contributed by atoms with E-state index in [-0.39, 0.29) is 48.8 Å². The van der Waals surface area contributed by atoms with Crippen molar-refractivity contribution < 1.29 is 23.9 Å². The highest BCUT2D eigenvalue weighted by molar-refractivity contribution is 5.98. The number of hydrogen-bond acceptors (Lipinski definition) is 6. The van der Waals surface area contributed by atoms with E-state index in [0.29, 0.717) is 35.8 Å². The zero-order valence-corrected chi connectivity index (χ0v) is 21.0. The number of carbonyl (C=O) groups excluding carboxylic acids is 3. The van der Waals surface area contributed by atoms with Crippen LogP contribution in [-0.4, -0.2) is 78.5 Å². The number of benzene rings is 1. The largest absolute Gasteiger partial charge is 0.491 e. The van der Waals surface area contributed by atoms with Crippen molar-refractivity contribution in [2.24, 2.45) is 5.92 Å². The number of ether oxygens (including phenoxy) is 2. The third kappa shape index (κ3) is 6.79. The topological polar surface area (TPSA) is 101 Å². The normalized spacial score (nSPS) is 21.3. The van der Waals surface area contributed by atoms with Crippen LogP contribution in [0, 0.1) is 5.92 Å². The third-order valence-electron chi connectivity index (χ3n) is 6.15. The number of hydrogen-bond donors (Lipinski definition) is 1. The molecule has 1 aliphatic heterocycles. The smallest absolute Gasteiger partial charge is 0.257 e. The first kappa shape index (κ1) is 26.2. The molecule has 0 unspecified atom stereocenters. The fourth-order valence-electron chi connectivity index (χ4n) is 4.16. The number of nitrogens with zero attached hydrogens (tertiary/aromatic N) is 3. The molecule has 9 nitrogen and oxygen atoms in total. The number of likely N-dealkylation sites (N-methyl/N-ethyl adjacent to an activating group) is 1. The Balaban J connectivity index is 1.94. The molecular formula is C26H34N4O5. The molecule has 3 rings (SSSR count). The molecule has 35 heavy (non-hydrogen) atoms. The van der Waals surface area contributed by atoms with Crippen LogP contribution in [0.15, 0.2) is 42.6 Å². The second kappa shape index (κ2) is 11.8. The van der Waals surface area contributed by atoms with Gasteiger partial charge < -0.3 is 24.6 Å². The molecule has 0 bridgehead atoms. The van der Waals surface area contributed by atoms with E-state index in [4.69, 9.17) is 9.47 Å². The van der Waals surface area contributed by atoms with Crippen LogP contribution in [0.4, 0.5) is 5.69 Å². The summed E-state index contributed by atoms with van der Waals surface area (Å²) in [6.45, 7) is 6.31. The van der Waals surface area contributed by atoms with Gasteiger partial charge in [-0.3, -0.25) is 19.4 Å². The van der Waals surface area contributed by atoms with Crippen LogP contribution < -0.4 is 10.1 Å². The molecule has 0 saturated carbocycles. The Morgan fingerprint density at radius 3 is 2.63 bits per heavy atom. The van der Waals surface area contributed by atoms with E-state index in [1.807, 2.05) is 32.0 Å². The monoisotopic (exact) mass is 482 g/mol. The second-order valence-corrected chi connectivity index (χ2v) is 9.03. The summed E-state index contributed by atoms with van der Waals surface area (Å²) in [5, 5.41) is 2.72. The standard InChI is InChI=1S/C26H34N4O5/c1-17-14-30(25(32)13-20-8-6-7-11-27-20)18(2)16-35-23-12-21(28-19(3)31)9-10-22(23)26(33)29(4)15-24(17)34-5/h6-12,17-18,24H,13-16H2,1-5H3,(H,28,31)/t17-,18-,24+/m0/s1. The van der Waals surface area contributed by atoms with E-state index < -0.39 is 0 Å². The Bertz CT molecular complexity index is 1050. The van der Waals surface area contributed by atoms with Gasteiger partial charge in [0.1, 0.15) is 12.4 Å². The van der Waals surface area contributed by atoms with Gasteiger partial charge in [0.15, 0.2) is 0 Å². The summed E-state index contributed by atoms with van der Waals surface area (Å²) < 4.78 is 11.8. The molecule has 0 aliphatic carbocycles. The minimum atomic E-state index is -0.282. The minimum absolute atomic E-state index is 0.0357. The van der Waals surface area contributed by atoms with Gasteiger partial charge in [0, 0.05) is 63.7 Å². The first-order valence-electron chi connectivity index (χ1n) is 11.7. The van der Waals surface area contributed by atoms with Crippen LogP contribution in [0.2, 0.25) is 0 Å². The van der Waals surface area contributed by atoms with Gasteiger partial charge in [0.05, 0.1) is 24.1 Å². The number of amides is 3. The zero-order valence-electron chi connectivity index (χ0n) is 21.0. The summed E-state index contributed by atoms with van der Waals surface area (Å²) in [4.78, 5) is 45.8. The van der Waals surface area contributed by atoms with Gasteiger partial charge in [0.25, 0.3) is 5.91 Å². The molecule has 1 aromatic heterocycles. The first-order chi connectivity index (χ1) is 16.7. The third-order valence-corrected chi connectivity index (χ3v) is 6.15. The molecule has 1 aliphatic rings. The molecule has 3 atom stereocenters. The van der Waals surface area contributed by atoms with Crippen molar-refractivity contribution in [1.29, 1.82) is 0 Å². The molecule has 3 amide bonds. The number of rotatable bonds is 4. The summed E-state index contributed by atoms with van der Waals surface area (Å²) in [5.74, 6) is -0.181. The summed E-state index contributed by atoms with van der Waals surface area (Å²) in [7, 11) is 3.33. The molecule has 188 valence electrons. The molecule has 0 spiro atoms. The van der Waals surface area contributed by atoms with Gasteiger partial charge >= 0.3 is 0 Å². The van der Waals surface area contributed by atoms with E-state index in [1.54, 1.807) is 48.4 Å². The maximum Gasteiger partial charge on any atom is 0.257 e. The van der Waals surface area contributed by atoms with Crippen LogP contribution in [0.1, 0.15) is 36.8 Å². The summed E-state index contributed by atoms with van der Waals surface area (Å²) in [6, 6.07) is 10.2. The molecule has 1 N–H and O–H groups in total. The number of carbonyl (C=O) groups is 3. The molecule has 1 aromatic carbocycles. The molecule has 0 radical (unpaired) electrons. The predicted molar refractivity (Wildman–Crippen MR) is 132 cm³/mol. The fraction of sp³-hybridized carbons (Fsp3) is 0.462. The van der Waals surface area contributed by atoms with E-state index in [9.17, 15) is 14.4 Å². The Labute approximate surface area is 206 Å². The Morgan fingerprint density at radius 2 is 1.97 bits per heavy atom. The lowest BCUT2D eigenvalue weighted by Gasteiger charge is -2.36. The van der Waals surface area contributed by atoms with E-state index in [2.05, 4.69) is 10.3 Å². The second-order valence-electron chi connectivity index (χ2n) is 9.03. The quantitative estimate of drug-likeness (QED) is 0.719. The molecular weight excluding hydrogens is 448 g/mol. The lowest BCUT2D eigenvalue weighted by Crippen LogP contribution is -2.49. The first-order valence-corrected chi connectivity index (χ1v) is 11.7. The molecule has 2 aromatic rings. The summed E-state index contributed by atoms with van der Waals surface area (Å²) in [6.07, 6.45) is 1.58. The highest BCUT2D eigenvalue weighted by Gasteiger charge is 2.30. The average molecular weight is 483 g/mol. The summed E-state index contributed by atoms with van der Waals surface area (Å²) >= 11 is 0. The maximum absolute atomic E-state index is 13.4.